The Bertz CT molecular complexity index is 920. The van der Waals surface area contributed by atoms with Crippen LogP contribution < -0.4 is 5.32 Å². The molecule has 3 aromatic rings. The number of carbonyl (C=O) groups is 1. The van der Waals surface area contributed by atoms with Crippen molar-refractivity contribution in [2.24, 2.45) is 0 Å². The molecule has 8 heteroatoms. The highest BCUT2D eigenvalue weighted by molar-refractivity contribution is 8.00. The maximum Gasteiger partial charge on any atom is 0.233 e. The Morgan fingerprint density at radius 2 is 2.11 bits per heavy atom. The number of carbonyl (C=O) groups excluding carboxylic acids is 1. The summed E-state index contributed by atoms with van der Waals surface area (Å²) in [4.78, 5) is 12.3. The van der Waals surface area contributed by atoms with E-state index in [2.05, 4.69) is 15.5 Å². The van der Waals surface area contributed by atoms with Crippen LogP contribution in [0.3, 0.4) is 0 Å². The molecule has 2 heterocycles. The van der Waals surface area contributed by atoms with Crippen LogP contribution in [-0.2, 0) is 11.3 Å². The molecule has 0 radical (unpaired) electrons. The van der Waals surface area contributed by atoms with Crippen LogP contribution in [-0.4, -0.2) is 32.0 Å². The minimum Gasteiger partial charge on any atom is -0.467 e. The molecule has 1 aliphatic carbocycles. The van der Waals surface area contributed by atoms with Crippen molar-refractivity contribution in [1.82, 2.24) is 20.1 Å². The Morgan fingerprint density at radius 1 is 1.33 bits per heavy atom. The van der Waals surface area contributed by atoms with Gasteiger partial charge >= 0.3 is 0 Å². The third-order valence-electron chi connectivity index (χ3n) is 4.29. The number of nitrogens with zero attached hydrogens (tertiary/aromatic N) is 3. The van der Waals surface area contributed by atoms with E-state index in [4.69, 9.17) is 16.0 Å². The van der Waals surface area contributed by atoms with Crippen molar-refractivity contribution in [2.75, 3.05) is 0 Å². The summed E-state index contributed by atoms with van der Waals surface area (Å²) in [5.74, 6) is 1.53. The lowest BCUT2D eigenvalue weighted by Gasteiger charge is -2.13. The maximum atomic E-state index is 12.3. The van der Waals surface area contributed by atoms with Gasteiger partial charge in [0.1, 0.15) is 5.76 Å². The van der Waals surface area contributed by atoms with E-state index in [-0.39, 0.29) is 11.2 Å². The van der Waals surface area contributed by atoms with Crippen LogP contribution in [0.5, 0.6) is 0 Å². The topological polar surface area (TPSA) is 73.0 Å². The number of furan rings is 1. The fourth-order valence-corrected chi connectivity index (χ4v) is 3.63. The molecule has 0 saturated heterocycles. The summed E-state index contributed by atoms with van der Waals surface area (Å²) in [6, 6.07) is 11.5. The molecule has 1 amide bonds. The molecule has 0 unspecified atom stereocenters. The molecule has 27 heavy (non-hydrogen) atoms. The van der Waals surface area contributed by atoms with Gasteiger partial charge < -0.3 is 9.73 Å². The summed E-state index contributed by atoms with van der Waals surface area (Å²) in [6.45, 7) is 2.37. The molecule has 2 aromatic heterocycles. The first-order chi connectivity index (χ1) is 13.1. The summed E-state index contributed by atoms with van der Waals surface area (Å²) in [6.07, 6.45) is 3.78. The SMILES string of the molecule is C[C@H](Sc1nnc(-c2ccc(Cl)cc2)n1Cc1ccco1)C(=O)NC1CC1. The van der Waals surface area contributed by atoms with Crippen LogP contribution in [0.15, 0.2) is 52.2 Å². The molecule has 1 aromatic carbocycles. The average Bonchev–Trinajstić information content (AvgIpc) is 3.16. The second kappa shape index (κ2) is 7.78. The Balaban J connectivity index is 1.61. The molecule has 1 fully saturated rings. The molecule has 140 valence electrons. The fourth-order valence-electron chi connectivity index (χ4n) is 2.65. The van der Waals surface area contributed by atoms with Gasteiger partial charge in [0, 0.05) is 16.6 Å². The summed E-state index contributed by atoms with van der Waals surface area (Å²) in [7, 11) is 0. The van der Waals surface area contributed by atoms with Gasteiger partial charge in [-0.05, 0) is 56.2 Å². The third kappa shape index (κ3) is 4.36. The van der Waals surface area contributed by atoms with Crippen molar-refractivity contribution in [3.63, 3.8) is 0 Å². The minimum atomic E-state index is -0.261. The van der Waals surface area contributed by atoms with Gasteiger partial charge in [-0.25, -0.2) is 0 Å². The zero-order valence-electron chi connectivity index (χ0n) is 14.8. The Kier molecular flexibility index (Phi) is 5.22. The normalized spacial score (nSPS) is 14.9. The number of halogens is 1. The van der Waals surface area contributed by atoms with E-state index in [1.165, 1.54) is 11.8 Å². The van der Waals surface area contributed by atoms with E-state index in [9.17, 15) is 4.79 Å². The van der Waals surface area contributed by atoms with Gasteiger partial charge in [0.25, 0.3) is 0 Å². The Hall–Kier alpha value is -2.25. The van der Waals surface area contributed by atoms with Crippen LogP contribution >= 0.6 is 23.4 Å². The largest absolute Gasteiger partial charge is 0.467 e. The standard InChI is InChI=1S/C19H19ClN4O2S/c1-12(18(25)21-15-8-9-15)27-19-23-22-17(13-4-6-14(20)7-5-13)24(19)11-16-3-2-10-26-16/h2-7,10,12,15H,8-9,11H2,1H3,(H,21,25)/t12-/m0/s1. The smallest absolute Gasteiger partial charge is 0.233 e. The molecular formula is C19H19ClN4O2S. The Morgan fingerprint density at radius 3 is 2.78 bits per heavy atom. The lowest BCUT2D eigenvalue weighted by atomic mass is 10.2. The van der Waals surface area contributed by atoms with E-state index in [1.807, 2.05) is 47.9 Å². The van der Waals surface area contributed by atoms with Crippen molar-refractivity contribution in [2.45, 2.75) is 42.8 Å². The second-order valence-electron chi connectivity index (χ2n) is 6.52. The van der Waals surface area contributed by atoms with Gasteiger partial charge in [0.05, 0.1) is 18.1 Å². The zero-order valence-corrected chi connectivity index (χ0v) is 16.3. The van der Waals surface area contributed by atoms with Gasteiger partial charge in [-0.1, -0.05) is 23.4 Å². The van der Waals surface area contributed by atoms with Crippen LogP contribution in [0.1, 0.15) is 25.5 Å². The monoisotopic (exact) mass is 402 g/mol. The van der Waals surface area contributed by atoms with Crippen molar-refractivity contribution >= 4 is 29.3 Å². The molecule has 1 atom stereocenters. The van der Waals surface area contributed by atoms with E-state index < -0.39 is 0 Å². The summed E-state index contributed by atoms with van der Waals surface area (Å²) in [5, 5.41) is 12.8. The van der Waals surface area contributed by atoms with Crippen LogP contribution in [0.25, 0.3) is 11.4 Å². The summed E-state index contributed by atoms with van der Waals surface area (Å²) in [5.41, 5.74) is 0.903. The van der Waals surface area contributed by atoms with Crippen molar-refractivity contribution < 1.29 is 9.21 Å². The number of benzene rings is 1. The van der Waals surface area contributed by atoms with Gasteiger partial charge in [-0.2, -0.15) is 0 Å². The molecule has 1 saturated carbocycles. The minimum absolute atomic E-state index is 0.0306. The highest BCUT2D eigenvalue weighted by Gasteiger charge is 2.27. The molecule has 1 aliphatic rings. The molecule has 0 bridgehead atoms. The predicted octanol–water partition coefficient (Wildman–Crippen LogP) is 4.00. The molecular weight excluding hydrogens is 384 g/mol. The lowest BCUT2D eigenvalue weighted by molar-refractivity contribution is -0.120. The van der Waals surface area contributed by atoms with E-state index in [0.717, 1.165) is 24.2 Å². The Labute approximate surface area is 166 Å². The van der Waals surface area contributed by atoms with Crippen LogP contribution in [0.4, 0.5) is 0 Å². The van der Waals surface area contributed by atoms with Crippen molar-refractivity contribution in [1.29, 1.82) is 0 Å². The summed E-state index contributed by atoms with van der Waals surface area (Å²) >= 11 is 7.40. The number of thioether (sulfide) groups is 1. The molecule has 6 nitrogen and oxygen atoms in total. The highest BCUT2D eigenvalue weighted by atomic mass is 35.5. The molecule has 0 spiro atoms. The van der Waals surface area contributed by atoms with Gasteiger partial charge in [0.15, 0.2) is 11.0 Å². The maximum absolute atomic E-state index is 12.3. The first kappa shape index (κ1) is 18.1. The second-order valence-corrected chi connectivity index (χ2v) is 8.27. The molecule has 0 aliphatic heterocycles. The predicted molar refractivity (Wildman–Crippen MR) is 105 cm³/mol. The lowest BCUT2D eigenvalue weighted by Crippen LogP contribution is -2.32. The van der Waals surface area contributed by atoms with Gasteiger partial charge in [-0.3, -0.25) is 9.36 Å². The fraction of sp³-hybridized carbons (Fsp3) is 0.316. The number of nitrogens with one attached hydrogen (secondary N) is 1. The number of amides is 1. The number of aromatic nitrogens is 3. The third-order valence-corrected chi connectivity index (χ3v) is 5.62. The number of rotatable bonds is 7. The van der Waals surface area contributed by atoms with Crippen molar-refractivity contribution in [3.05, 3.63) is 53.4 Å². The zero-order chi connectivity index (χ0) is 18.8. The molecule has 4 rings (SSSR count). The van der Waals surface area contributed by atoms with Gasteiger partial charge in [-0.15, -0.1) is 10.2 Å². The highest BCUT2D eigenvalue weighted by Crippen LogP contribution is 2.29. The van der Waals surface area contributed by atoms with Crippen LogP contribution in [0.2, 0.25) is 5.02 Å². The summed E-state index contributed by atoms with van der Waals surface area (Å²) < 4.78 is 7.47. The number of hydrogen-bond acceptors (Lipinski definition) is 5. The van der Waals surface area contributed by atoms with E-state index >= 15 is 0 Å². The first-order valence-electron chi connectivity index (χ1n) is 8.78. The van der Waals surface area contributed by atoms with Gasteiger partial charge in [0.2, 0.25) is 5.91 Å². The number of hydrogen-bond donors (Lipinski definition) is 1. The first-order valence-corrected chi connectivity index (χ1v) is 10.0. The van der Waals surface area contributed by atoms with Crippen molar-refractivity contribution in [3.8, 4) is 11.4 Å². The van der Waals surface area contributed by atoms with Crippen LogP contribution in [0, 0.1) is 0 Å². The average molecular weight is 403 g/mol. The van der Waals surface area contributed by atoms with E-state index in [0.29, 0.717) is 28.6 Å². The molecule has 1 N–H and O–H groups in total. The van der Waals surface area contributed by atoms with E-state index in [1.54, 1.807) is 6.26 Å². The quantitative estimate of drug-likeness (QED) is 0.605.